The van der Waals surface area contributed by atoms with E-state index in [1.54, 1.807) is 7.11 Å². The summed E-state index contributed by atoms with van der Waals surface area (Å²) < 4.78 is 7.27. The number of para-hydroxylation sites is 2. The van der Waals surface area contributed by atoms with Crippen molar-refractivity contribution >= 4 is 16.7 Å². The number of benzene rings is 2. The molecule has 4 heteroatoms. The number of rotatable bonds is 3. The minimum atomic E-state index is 0.657. The number of imidazole rings is 1. The van der Waals surface area contributed by atoms with Gasteiger partial charge in [0.1, 0.15) is 5.75 Å². The Kier molecular flexibility index (Phi) is 2.83. The molecule has 0 spiro atoms. The van der Waals surface area contributed by atoms with Gasteiger partial charge in [-0.3, -0.25) is 0 Å². The standard InChI is InChI=1S/C15H15N3O/c1-19-15-7-6-11(8-12(15)16)9-18-10-17-13-4-2-3-5-14(13)18/h2-8,10H,9,16H2,1H3. The maximum absolute atomic E-state index is 5.92. The van der Waals surface area contributed by atoms with Crippen LogP contribution in [0, 0.1) is 0 Å². The molecular formula is C15H15N3O. The van der Waals surface area contributed by atoms with Crippen molar-refractivity contribution in [2.24, 2.45) is 0 Å². The fourth-order valence-corrected chi connectivity index (χ4v) is 2.22. The van der Waals surface area contributed by atoms with Crippen LogP contribution in [0.5, 0.6) is 5.75 Å². The van der Waals surface area contributed by atoms with Crippen LogP contribution in [0.2, 0.25) is 0 Å². The Morgan fingerprint density at radius 3 is 2.84 bits per heavy atom. The largest absolute Gasteiger partial charge is 0.495 e. The summed E-state index contributed by atoms with van der Waals surface area (Å²) in [5.74, 6) is 0.708. The monoisotopic (exact) mass is 253 g/mol. The first-order chi connectivity index (χ1) is 9.28. The highest BCUT2D eigenvalue weighted by Gasteiger charge is 2.04. The van der Waals surface area contributed by atoms with E-state index in [9.17, 15) is 0 Å². The van der Waals surface area contributed by atoms with Gasteiger partial charge in [0.15, 0.2) is 0 Å². The average molecular weight is 253 g/mol. The smallest absolute Gasteiger partial charge is 0.141 e. The van der Waals surface area contributed by atoms with Gasteiger partial charge in [-0.2, -0.15) is 0 Å². The third kappa shape index (κ3) is 2.12. The second-order valence-corrected chi connectivity index (χ2v) is 4.44. The molecule has 0 amide bonds. The molecule has 0 atom stereocenters. The average Bonchev–Trinajstić information content (AvgIpc) is 2.83. The molecule has 0 unspecified atom stereocenters. The van der Waals surface area contributed by atoms with Crippen LogP contribution in [0.15, 0.2) is 48.8 Å². The molecule has 0 fully saturated rings. The summed E-state index contributed by atoms with van der Waals surface area (Å²) in [6.07, 6.45) is 1.85. The van der Waals surface area contributed by atoms with Gasteiger partial charge >= 0.3 is 0 Å². The summed E-state index contributed by atoms with van der Waals surface area (Å²) in [7, 11) is 1.62. The first-order valence-corrected chi connectivity index (χ1v) is 6.10. The lowest BCUT2D eigenvalue weighted by Gasteiger charge is -2.08. The molecule has 1 aromatic heterocycles. The molecule has 0 saturated heterocycles. The normalized spacial score (nSPS) is 10.8. The first kappa shape index (κ1) is 11.6. The lowest BCUT2D eigenvalue weighted by atomic mass is 10.2. The molecular weight excluding hydrogens is 238 g/mol. The molecule has 96 valence electrons. The maximum atomic E-state index is 5.92. The van der Waals surface area contributed by atoms with E-state index < -0.39 is 0 Å². The van der Waals surface area contributed by atoms with Gasteiger partial charge in [-0.25, -0.2) is 4.98 Å². The van der Waals surface area contributed by atoms with Crippen molar-refractivity contribution in [3.8, 4) is 5.75 Å². The van der Waals surface area contributed by atoms with Crippen LogP contribution in [0.4, 0.5) is 5.69 Å². The van der Waals surface area contributed by atoms with Gasteiger partial charge in [0.2, 0.25) is 0 Å². The van der Waals surface area contributed by atoms with Crippen molar-refractivity contribution in [2.75, 3.05) is 12.8 Å². The van der Waals surface area contributed by atoms with Gasteiger partial charge in [0, 0.05) is 6.54 Å². The Morgan fingerprint density at radius 1 is 1.21 bits per heavy atom. The van der Waals surface area contributed by atoms with Crippen molar-refractivity contribution in [1.29, 1.82) is 0 Å². The van der Waals surface area contributed by atoms with E-state index in [-0.39, 0.29) is 0 Å². The lowest BCUT2D eigenvalue weighted by molar-refractivity contribution is 0.417. The third-order valence-corrected chi connectivity index (χ3v) is 3.17. The van der Waals surface area contributed by atoms with E-state index >= 15 is 0 Å². The quantitative estimate of drug-likeness (QED) is 0.730. The highest BCUT2D eigenvalue weighted by Crippen LogP contribution is 2.23. The molecule has 0 saturated carbocycles. The molecule has 4 nitrogen and oxygen atoms in total. The second-order valence-electron chi connectivity index (χ2n) is 4.44. The molecule has 2 N–H and O–H groups in total. The van der Waals surface area contributed by atoms with Crippen LogP contribution < -0.4 is 10.5 Å². The fraction of sp³-hybridized carbons (Fsp3) is 0.133. The molecule has 0 radical (unpaired) electrons. The molecule has 3 rings (SSSR count). The Balaban J connectivity index is 1.95. The topological polar surface area (TPSA) is 53.1 Å². The lowest BCUT2D eigenvalue weighted by Crippen LogP contribution is -2.00. The molecule has 0 aliphatic carbocycles. The van der Waals surface area contributed by atoms with Gasteiger partial charge in [-0.05, 0) is 29.8 Å². The second kappa shape index (κ2) is 4.65. The molecule has 1 heterocycles. The summed E-state index contributed by atoms with van der Waals surface area (Å²) in [6.45, 7) is 0.745. The molecule has 2 aromatic carbocycles. The minimum absolute atomic E-state index is 0.657. The number of anilines is 1. The predicted octanol–water partition coefficient (Wildman–Crippen LogP) is 2.68. The van der Waals surface area contributed by atoms with E-state index in [0.29, 0.717) is 11.4 Å². The number of hydrogen-bond acceptors (Lipinski definition) is 3. The molecule has 19 heavy (non-hydrogen) atoms. The zero-order valence-corrected chi connectivity index (χ0v) is 10.7. The SMILES string of the molecule is COc1ccc(Cn2cnc3ccccc32)cc1N. The van der Waals surface area contributed by atoms with E-state index in [1.165, 1.54) is 0 Å². The van der Waals surface area contributed by atoms with E-state index in [4.69, 9.17) is 10.5 Å². The van der Waals surface area contributed by atoms with Crippen LogP contribution in [-0.2, 0) is 6.54 Å². The third-order valence-electron chi connectivity index (χ3n) is 3.17. The minimum Gasteiger partial charge on any atom is -0.495 e. The summed E-state index contributed by atoms with van der Waals surface area (Å²) in [6, 6.07) is 13.9. The number of nitrogen functional groups attached to an aromatic ring is 1. The van der Waals surface area contributed by atoms with Crippen molar-refractivity contribution in [1.82, 2.24) is 9.55 Å². The first-order valence-electron chi connectivity index (χ1n) is 6.10. The summed E-state index contributed by atoms with van der Waals surface area (Å²) >= 11 is 0. The summed E-state index contributed by atoms with van der Waals surface area (Å²) in [4.78, 5) is 4.38. The van der Waals surface area contributed by atoms with Crippen LogP contribution in [0.1, 0.15) is 5.56 Å². The summed E-state index contributed by atoms with van der Waals surface area (Å²) in [5, 5.41) is 0. The Morgan fingerprint density at radius 2 is 2.05 bits per heavy atom. The predicted molar refractivity (Wildman–Crippen MR) is 76.2 cm³/mol. The van der Waals surface area contributed by atoms with Crippen molar-refractivity contribution in [3.05, 3.63) is 54.4 Å². The van der Waals surface area contributed by atoms with Gasteiger partial charge in [0.25, 0.3) is 0 Å². The van der Waals surface area contributed by atoms with Crippen molar-refractivity contribution < 1.29 is 4.74 Å². The highest BCUT2D eigenvalue weighted by atomic mass is 16.5. The molecule has 0 aliphatic rings. The Labute approximate surface area is 111 Å². The molecule has 0 aliphatic heterocycles. The fourth-order valence-electron chi connectivity index (χ4n) is 2.22. The Hall–Kier alpha value is -2.49. The summed E-state index contributed by atoms with van der Waals surface area (Å²) in [5.41, 5.74) is 9.83. The van der Waals surface area contributed by atoms with E-state index in [0.717, 1.165) is 23.1 Å². The zero-order valence-electron chi connectivity index (χ0n) is 10.7. The molecule has 3 aromatic rings. The number of methoxy groups -OCH3 is 1. The highest BCUT2D eigenvalue weighted by molar-refractivity contribution is 5.75. The number of aromatic nitrogens is 2. The van der Waals surface area contributed by atoms with Crippen molar-refractivity contribution in [3.63, 3.8) is 0 Å². The number of nitrogens with two attached hydrogens (primary N) is 1. The van der Waals surface area contributed by atoms with Gasteiger partial charge in [-0.1, -0.05) is 18.2 Å². The zero-order chi connectivity index (χ0) is 13.2. The number of hydrogen-bond donors (Lipinski definition) is 1. The van der Waals surface area contributed by atoms with Gasteiger partial charge < -0.3 is 15.0 Å². The van der Waals surface area contributed by atoms with E-state index in [1.807, 2.05) is 42.7 Å². The van der Waals surface area contributed by atoms with Crippen LogP contribution in [0.25, 0.3) is 11.0 Å². The maximum Gasteiger partial charge on any atom is 0.141 e. The van der Waals surface area contributed by atoms with E-state index in [2.05, 4.69) is 15.6 Å². The number of nitrogens with zero attached hydrogens (tertiary/aromatic N) is 2. The van der Waals surface area contributed by atoms with Crippen molar-refractivity contribution in [2.45, 2.75) is 6.54 Å². The van der Waals surface area contributed by atoms with Gasteiger partial charge in [0.05, 0.1) is 30.2 Å². The van der Waals surface area contributed by atoms with Crippen LogP contribution in [0.3, 0.4) is 0 Å². The molecule has 0 bridgehead atoms. The van der Waals surface area contributed by atoms with Crippen LogP contribution >= 0.6 is 0 Å². The van der Waals surface area contributed by atoms with Crippen LogP contribution in [-0.4, -0.2) is 16.7 Å². The Bertz CT molecular complexity index is 718. The van der Waals surface area contributed by atoms with Gasteiger partial charge in [-0.15, -0.1) is 0 Å². The number of ether oxygens (including phenoxy) is 1. The number of fused-ring (bicyclic) bond motifs is 1.